The first kappa shape index (κ1) is 16.0. The summed E-state index contributed by atoms with van der Waals surface area (Å²) in [7, 11) is 0. The molecular formula is C16H16N2O3S. The summed E-state index contributed by atoms with van der Waals surface area (Å²) in [6, 6.07) is 14.4. The molecule has 0 saturated carbocycles. The third-order valence-corrected chi connectivity index (χ3v) is 4.08. The minimum Gasteiger partial charge on any atom is -0.351 e. The summed E-state index contributed by atoms with van der Waals surface area (Å²) in [6.07, 6.45) is 0. The molecule has 0 atom stereocenters. The minimum atomic E-state index is -0.475. The molecule has 0 fully saturated rings. The van der Waals surface area contributed by atoms with E-state index in [0.29, 0.717) is 17.7 Å². The predicted octanol–water partition coefficient (Wildman–Crippen LogP) is 3.43. The van der Waals surface area contributed by atoms with E-state index in [4.69, 9.17) is 0 Å². The van der Waals surface area contributed by atoms with Crippen molar-refractivity contribution in [3.8, 4) is 0 Å². The molecule has 0 aliphatic carbocycles. The number of nitrogens with zero attached hydrogens (tertiary/aromatic N) is 1. The smallest absolute Gasteiger partial charge is 0.273 e. The van der Waals surface area contributed by atoms with Gasteiger partial charge >= 0.3 is 0 Å². The number of benzene rings is 2. The third-order valence-electron chi connectivity index (χ3n) is 3.07. The standard InChI is InChI=1S/C16H16N2O3S/c1-12-7-8-13(11-15(12)18(20)21)16(19)17-9-10-22-14-5-3-2-4-6-14/h2-8,11H,9-10H2,1H3,(H,17,19). The summed E-state index contributed by atoms with van der Waals surface area (Å²) in [5.41, 5.74) is 0.814. The molecular weight excluding hydrogens is 300 g/mol. The second-order valence-corrected chi connectivity index (χ2v) is 5.84. The SMILES string of the molecule is Cc1ccc(C(=O)NCCSc2ccccc2)cc1[N+](=O)[O-]. The third kappa shape index (κ3) is 4.33. The van der Waals surface area contributed by atoms with Gasteiger partial charge in [0.25, 0.3) is 11.6 Å². The molecule has 5 nitrogen and oxygen atoms in total. The molecule has 1 amide bonds. The van der Waals surface area contributed by atoms with Crippen LogP contribution in [0.3, 0.4) is 0 Å². The van der Waals surface area contributed by atoms with Crippen LogP contribution >= 0.6 is 11.8 Å². The van der Waals surface area contributed by atoms with Crippen LogP contribution in [0.4, 0.5) is 5.69 Å². The molecule has 0 unspecified atom stereocenters. The molecule has 114 valence electrons. The molecule has 22 heavy (non-hydrogen) atoms. The van der Waals surface area contributed by atoms with Crippen LogP contribution in [0.1, 0.15) is 15.9 Å². The Morgan fingerprint density at radius 3 is 2.64 bits per heavy atom. The highest BCUT2D eigenvalue weighted by atomic mass is 32.2. The summed E-state index contributed by atoms with van der Waals surface area (Å²) in [6.45, 7) is 2.15. The average molecular weight is 316 g/mol. The summed E-state index contributed by atoms with van der Waals surface area (Å²) in [4.78, 5) is 23.6. The van der Waals surface area contributed by atoms with E-state index in [2.05, 4.69) is 5.32 Å². The lowest BCUT2D eigenvalue weighted by Crippen LogP contribution is -2.25. The van der Waals surface area contributed by atoms with Gasteiger partial charge in [-0.3, -0.25) is 14.9 Å². The van der Waals surface area contributed by atoms with E-state index in [-0.39, 0.29) is 11.6 Å². The Bertz CT molecular complexity index is 674. The molecule has 0 bridgehead atoms. The van der Waals surface area contributed by atoms with E-state index in [0.717, 1.165) is 10.6 Å². The van der Waals surface area contributed by atoms with Gasteiger partial charge in [0.1, 0.15) is 0 Å². The van der Waals surface area contributed by atoms with Gasteiger partial charge in [0.05, 0.1) is 4.92 Å². The molecule has 2 rings (SSSR count). The highest BCUT2D eigenvalue weighted by Gasteiger charge is 2.14. The predicted molar refractivity (Wildman–Crippen MR) is 87.3 cm³/mol. The zero-order valence-electron chi connectivity index (χ0n) is 12.1. The first-order chi connectivity index (χ1) is 10.6. The Kier molecular flexibility index (Phi) is 5.55. The van der Waals surface area contributed by atoms with Gasteiger partial charge in [-0.25, -0.2) is 0 Å². The van der Waals surface area contributed by atoms with Crippen LogP contribution < -0.4 is 5.32 Å². The summed E-state index contributed by atoms with van der Waals surface area (Å²) in [5.74, 6) is 0.445. The number of amides is 1. The van der Waals surface area contributed by atoms with Crippen molar-refractivity contribution in [1.82, 2.24) is 5.32 Å². The Balaban J connectivity index is 1.87. The monoisotopic (exact) mass is 316 g/mol. The fourth-order valence-corrected chi connectivity index (χ4v) is 2.69. The number of rotatable bonds is 6. The Morgan fingerprint density at radius 2 is 1.95 bits per heavy atom. The Morgan fingerprint density at radius 1 is 1.23 bits per heavy atom. The number of hydrogen-bond acceptors (Lipinski definition) is 4. The van der Waals surface area contributed by atoms with Crippen LogP contribution in [-0.4, -0.2) is 23.1 Å². The van der Waals surface area contributed by atoms with Crippen molar-refractivity contribution in [3.05, 3.63) is 69.8 Å². The number of nitro groups is 1. The highest BCUT2D eigenvalue weighted by molar-refractivity contribution is 7.99. The molecule has 0 aromatic heterocycles. The lowest BCUT2D eigenvalue weighted by Gasteiger charge is -2.06. The first-order valence-electron chi connectivity index (χ1n) is 6.79. The number of thioether (sulfide) groups is 1. The lowest BCUT2D eigenvalue weighted by atomic mass is 10.1. The highest BCUT2D eigenvalue weighted by Crippen LogP contribution is 2.19. The van der Waals surface area contributed by atoms with E-state index < -0.39 is 4.92 Å². The van der Waals surface area contributed by atoms with Gasteiger partial charge in [0.2, 0.25) is 0 Å². The van der Waals surface area contributed by atoms with Gasteiger partial charge in [-0.2, -0.15) is 0 Å². The minimum absolute atomic E-state index is 0.0358. The van der Waals surface area contributed by atoms with Crippen molar-refractivity contribution >= 4 is 23.4 Å². The number of hydrogen-bond donors (Lipinski definition) is 1. The second-order valence-electron chi connectivity index (χ2n) is 4.68. The molecule has 0 aliphatic rings. The number of aryl methyl sites for hydroxylation is 1. The van der Waals surface area contributed by atoms with E-state index in [1.807, 2.05) is 30.3 Å². The lowest BCUT2D eigenvalue weighted by molar-refractivity contribution is -0.385. The van der Waals surface area contributed by atoms with Crippen molar-refractivity contribution < 1.29 is 9.72 Å². The van der Waals surface area contributed by atoms with Crippen LogP contribution in [0.25, 0.3) is 0 Å². The fourth-order valence-electron chi connectivity index (χ4n) is 1.90. The molecule has 0 radical (unpaired) electrons. The van der Waals surface area contributed by atoms with Crippen molar-refractivity contribution in [2.75, 3.05) is 12.3 Å². The van der Waals surface area contributed by atoms with E-state index in [9.17, 15) is 14.9 Å². The fraction of sp³-hybridized carbons (Fsp3) is 0.188. The number of nitro benzene ring substituents is 1. The first-order valence-corrected chi connectivity index (χ1v) is 7.77. The van der Waals surface area contributed by atoms with Crippen LogP contribution in [0.15, 0.2) is 53.4 Å². The molecule has 0 saturated heterocycles. The van der Waals surface area contributed by atoms with Gasteiger partial charge in [-0.1, -0.05) is 24.3 Å². The van der Waals surface area contributed by atoms with E-state index >= 15 is 0 Å². The maximum absolute atomic E-state index is 12.0. The van der Waals surface area contributed by atoms with E-state index in [1.54, 1.807) is 30.8 Å². The number of carbonyl (C=O) groups is 1. The van der Waals surface area contributed by atoms with Crippen molar-refractivity contribution in [1.29, 1.82) is 0 Å². The number of carbonyl (C=O) groups excluding carboxylic acids is 1. The van der Waals surface area contributed by atoms with Gasteiger partial charge in [-0.15, -0.1) is 11.8 Å². The van der Waals surface area contributed by atoms with Crippen molar-refractivity contribution in [2.45, 2.75) is 11.8 Å². The molecule has 0 spiro atoms. The molecule has 2 aromatic carbocycles. The molecule has 6 heteroatoms. The second kappa shape index (κ2) is 7.61. The van der Waals surface area contributed by atoms with Crippen LogP contribution in [-0.2, 0) is 0 Å². The summed E-state index contributed by atoms with van der Waals surface area (Å²) in [5, 5.41) is 13.7. The molecule has 0 heterocycles. The number of nitrogens with one attached hydrogen (secondary N) is 1. The molecule has 2 aromatic rings. The molecule has 0 aliphatic heterocycles. The van der Waals surface area contributed by atoms with Crippen LogP contribution in [0.5, 0.6) is 0 Å². The quantitative estimate of drug-likeness (QED) is 0.383. The normalized spacial score (nSPS) is 10.2. The topological polar surface area (TPSA) is 72.2 Å². The summed E-state index contributed by atoms with van der Waals surface area (Å²) < 4.78 is 0. The maximum atomic E-state index is 12.0. The zero-order chi connectivity index (χ0) is 15.9. The Labute approximate surface area is 132 Å². The van der Waals surface area contributed by atoms with Gasteiger partial charge < -0.3 is 5.32 Å². The zero-order valence-corrected chi connectivity index (χ0v) is 12.9. The average Bonchev–Trinajstić information content (AvgIpc) is 2.52. The van der Waals surface area contributed by atoms with E-state index in [1.165, 1.54) is 6.07 Å². The Hall–Kier alpha value is -2.34. The molecule has 1 N–H and O–H groups in total. The van der Waals surface area contributed by atoms with Crippen LogP contribution in [0.2, 0.25) is 0 Å². The van der Waals surface area contributed by atoms with Gasteiger partial charge in [0.15, 0.2) is 0 Å². The van der Waals surface area contributed by atoms with Gasteiger partial charge in [0, 0.05) is 34.4 Å². The van der Waals surface area contributed by atoms with Crippen molar-refractivity contribution in [2.24, 2.45) is 0 Å². The van der Waals surface area contributed by atoms with Crippen LogP contribution in [0, 0.1) is 17.0 Å². The van der Waals surface area contributed by atoms with Gasteiger partial charge in [-0.05, 0) is 25.1 Å². The largest absolute Gasteiger partial charge is 0.351 e. The van der Waals surface area contributed by atoms with Crippen molar-refractivity contribution in [3.63, 3.8) is 0 Å². The maximum Gasteiger partial charge on any atom is 0.273 e. The summed E-state index contributed by atoms with van der Waals surface area (Å²) >= 11 is 1.65.